The van der Waals surface area contributed by atoms with Crippen LogP contribution < -0.4 is 0 Å². The molecule has 0 aliphatic heterocycles. The van der Waals surface area contributed by atoms with Crippen molar-refractivity contribution in [2.45, 2.75) is 6.92 Å². The Kier molecular flexibility index (Phi) is 6.29. The average Bonchev–Trinajstić information content (AvgIpc) is 2.37. The molecule has 0 aliphatic carbocycles. The van der Waals surface area contributed by atoms with Gasteiger partial charge in [0.1, 0.15) is 6.54 Å². The Labute approximate surface area is 121 Å². The Morgan fingerprint density at radius 3 is 2.79 bits per heavy atom. The zero-order chi connectivity index (χ0) is 14.3. The van der Waals surface area contributed by atoms with E-state index >= 15 is 0 Å². The second kappa shape index (κ2) is 7.74. The maximum Gasteiger partial charge on any atom is 0.325 e. The van der Waals surface area contributed by atoms with E-state index in [1.165, 1.54) is 4.90 Å². The summed E-state index contributed by atoms with van der Waals surface area (Å²) in [4.78, 5) is 25.1. The van der Waals surface area contributed by atoms with Crippen molar-refractivity contribution in [3.63, 3.8) is 0 Å². The number of hydrogen-bond acceptors (Lipinski definition) is 3. The molecule has 102 valence electrons. The molecule has 19 heavy (non-hydrogen) atoms. The summed E-state index contributed by atoms with van der Waals surface area (Å²) in [6.45, 7) is 5.84. The first-order chi connectivity index (χ1) is 9.08. The first kappa shape index (κ1) is 15.4. The third-order valence-electron chi connectivity index (χ3n) is 2.33. The molecule has 0 spiro atoms. The Bertz CT molecular complexity index is 474. The molecule has 5 heteroatoms. The number of esters is 1. The van der Waals surface area contributed by atoms with Crippen LogP contribution in [0, 0.1) is 0 Å². The Morgan fingerprint density at radius 1 is 1.47 bits per heavy atom. The Hall–Kier alpha value is -1.62. The summed E-state index contributed by atoms with van der Waals surface area (Å²) in [5.41, 5.74) is 0.514. The molecule has 1 amide bonds. The lowest BCUT2D eigenvalue weighted by atomic mass is 10.2. The van der Waals surface area contributed by atoms with Gasteiger partial charge >= 0.3 is 5.97 Å². The fourth-order valence-electron chi connectivity index (χ4n) is 1.54. The smallest absolute Gasteiger partial charge is 0.325 e. The van der Waals surface area contributed by atoms with Gasteiger partial charge in [0.05, 0.1) is 6.61 Å². The highest BCUT2D eigenvalue weighted by molar-refractivity contribution is 9.10. The van der Waals surface area contributed by atoms with Gasteiger partial charge < -0.3 is 9.64 Å². The normalized spacial score (nSPS) is 9.79. The van der Waals surface area contributed by atoms with E-state index in [4.69, 9.17) is 4.74 Å². The fraction of sp³-hybridized carbons (Fsp3) is 0.286. The molecule has 0 bridgehead atoms. The van der Waals surface area contributed by atoms with Crippen molar-refractivity contribution >= 4 is 27.8 Å². The van der Waals surface area contributed by atoms with E-state index in [-0.39, 0.29) is 12.5 Å². The van der Waals surface area contributed by atoms with Crippen LogP contribution in [0.1, 0.15) is 17.3 Å². The summed E-state index contributed by atoms with van der Waals surface area (Å²) in [5.74, 6) is -0.651. The van der Waals surface area contributed by atoms with Crippen molar-refractivity contribution in [2.75, 3.05) is 19.7 Å². The molecule has 0 N–H and O–H groups in total. The minimum Gasteiger partial charge on any atom is -0.465 e. The van der Waals surface area contributed by atoms with Gasteiger partial charge in [0.15, 0.2) is 0 Å². The van der Waals surface area contributed by atoms with Crippen LogP contribution in [0.4, 0.5) is 0 Å². The lowest BCUT2D eigenvalue weighted by Crippen LogP contribution is -2.36. The third kappa shape index (κ3) is 4.87. The van der Waals surface area contributed by atoms with E-state index in [1.54, 1.807) is 31.2 Å². The van der Waals surface area contributed by atoms with Crippen molar-refractivity contribution in [1.82, 2.24) is 4.90 Å². The van der Waals surface area contributed by atoms with Crippen molar-refractivity contribution in [3.8, 4) is 0 Å². The van der Waals surface area contributed by atoms with E-state index in [9.17, 15) is 9.59 Å². The molecule has 0 atom stereocenters. The molecule has 0 fully saturated rings. The minimum absolute atomic E-state index is 0.0782. The molecule has 0 saturated carbocycles. The number of rotatable bonds is 6. The SMILES string of the molecule is C=CCN(CC(=O)OCC)C(=O)c1cccc(Br)c1. The maximum absolute atomic E-state index is 12.3. The predicted molar refractivity (Wildman–Crippen MR) is 76.9 cm³/mol. The molecule has 1 aromatic carbocycles. The highest BCUT2D eigenvalue weighted by Crippen LogP contribution is 2.13. The Morgan fingerprint density at radius 2 is 2.21 bits per heavy atom. The van der Waals surface area contributed by atoms with Gasteiger partial charge in [-0.15, -0.1) is 6.58 Å². The van der Waals surface area contributed by atoms with Crippen molar-refractivity contribution in [3.05, 3.63) is 47.0 Å². The van der Waals surface area contributed by atoms with Crippen LogP contribution in [-0.2, 0) is 9.53 Å². The molecule has 0 saturated heterocycles. The second-order valence-corrected chi connectivity index (χ2v) is 4.71. The zero-order valence-electron chi connectivity index (χ0n) is 10.8. The summed E-state index contributed by atoms with van der Waals surface area (Å²) < 4.78 is 5.67. The van der Waals surface area contributed by atoms with Crippen LogP contribution in [0.25, 0.3) is 0 Å². The lowest BCUT2D eigenvalue weighted by molar-refractivity contribution is -0.143. The molecule has 1 aromatic rings. The fourth-order valence-corrected chi connectivity index (χ4v) is 1.94. The molecule has 0 unspecified atom stereocenters. The van der Waals surface area contributed by atoms with E-state index < -0.39 is 5.97 Å². The number of carbonyl (C=O) groups excluding carboxylic acids is 2. The van der Waals surface area contributed by atoms with Crippen LogP contribution in [0.3, 0.4) is 0 Å². The number of halogens is 1. The topological polar surface area (TPSA) is 46.6 Å². The highest BCUT2D eigenvalue weighted by Gasteiger charge is 2.18. The zero-order valence-corrected chi connectivity index (χ0v) is 12.4. The van der Waals surface area contributed by atoms with Gasteiger partial charge in [-0.1, -0.05) is 28.1 Å². The molecule has 0 heterocycles. The molecular weight excluding hydrogens is 310 g/mol. The molecular formula is C14H16BrNO3. The number of hydrogen-bond donors (Lipinski definition) is 0. The van der Waals surface area contributed by atoms with Crippen LogP contribution in [0.15, 0.2) is 41.4 Å². The van der Waals surface area contributed by atoms with Crippen LogP contribution in [0.5, 0.6) is 0 Å². The first-order valence-electron chi connectivity index (χ1n) is 5.89. The van der Waals surface area contributed by atoms with Crippen LogP contribution in [-0.4, -0.2) is 36.5 Å². The third-order valence-corrected chi connectivity index (χ3v) is 2.83. The van der Waals surface area contributed by atoms with Gasteiger partial charge in [-0.2, -0.15) is 0 Å². The largest absolute Gasteiger partial charge is 0.465 e. The molecule has 0 aromatic heterocycles. The molecule has 0 aliphatic rings. The number of carbonyl (C=O) groups is 2. The predicted octanol–water partition coefficient (Wildman–Crippen LogP) is 2.64. The summed E-state index contributed by atoms with van der Waals surface area (Å²) in [7, 11) is 0. The van der Waals surface area contributed by atoms with E-state index in [2.05, 4.69) is 22.5 Å². The van der Waals surface area contributed by atoms with Crippen molar-refractivity contribution < 1.29 is 14.3 Å². The summed E-state index contributed by atoms with van der Waals surface area (Å²) >= 11 is 3.31. The minimum atomic E-state index is -0.423. The first-order valence-corrected chi connectivity index (χ1v) is 6.69. The van der Waals surface area contributed by atoms with Gasteiger partial charge in [0, 0.05) is 16.6 Å². The van der Waals surface area contributed by atoms with Gasteiger partial charge in [-0.3, -0.25) is 9.59 Å². The van der Waals surface area contributed by atoms with Gasteiger partial charge in [0.25, 0.3) is 5.91 Å². The number of benzene rings is 1. The van der Waals surface area contributed by atoms with E-state index in [1.807, 2.05) is 6.07 Å². The standard InChI is InChI=1S/C14H16BrNO3/c1-3-8-16(10-13(17)19-4-2)14(18)11-6-5-7-12(15)9-11/h3,5-7,9H,1,4,8,10H2,2H3. The maximum atomic E-state index is 12.3. The monoisotopic (exact) mass is 325 g/mol. The average molecular weight is 326 g/mol. The molecule has 4 nitrogen and oxygen atoms in total. The van der Waals surface area contributed by atoms with Gasteiger partial charge in [0.2, 0.25) is 0 Å². The summed E-state index contributed by atoms with van der Waals surface area (Å²) in [6, 6.07) is 7.02. The van der Waals surface area contributed by atoms with Crippen LogP contribution >= 0.6 is 15.9 Å². The number of amides is 1. The number of ether oxygens (including phenoxy) is 1. The Balaban J connectivity index is 2.83. The van der Waals surface area contributed by atoms with Crippen molar-refractivity contribution in [2.24, 2.45) is 0 Å². The van der Waals surface area contributed by atoms with Crippen LogP contribution in [0.2, 0.25) is 0 Å². The highest BCUT2D eigenvalue weighted by atomic mass is 79.9. The molecule has 0 radical (unpaired) electrons. The quantitative estimate of drug-likeness (QED) is 0.596. The lowest BCUT2D eigenvalue weighted by Gasteiger charge is -2.20. The van der Waals surface area contributed by atoms with E-state index in [0.717, 1.165) is 4.47 Å². The second-order valence-electron chi connectivity index (χ2n) is 3.79. The van der Waals surface area contributed by atoms with E-state index in [0.29, 0.717) is 18.7 Å². The summed E-state index contributed by atoms with van der Waals surface area (Å²) in [6.07, 6.45) is 1.58. The molecule has 1 rings (SSSR count). The van der Waals surface area contributed by atoms with Gasteiger partial charge in [-0.25, -0.2) is 0 Å². The number of nitrogens with zero attached hydrogens (tertiary/aromatic N) is 1. The summed E-state index contributed by atoms with van der Waals surface area (Å²) in [5, 5.41) is 0. The van der Waals surface area contributed by atoms with Crippen molar-refractivity contribution in [1.29, 1.82) is 0 Å². The van der Waals surface area contributed by atoms with Gasteiger partial charge in [-0.05, 0) is 25.1 Å².